The first-order valence-corrected chi connectivity index (χ1v) is 4.59. The molecule has 76 valence electrons. The molecule has 1 atom stereocenters. The standard InChI is InChI=1S/C10H12ClNO2/c1-8(13)14-10(11,12)7-9-5-3-2-4-6-9/h2-6H,7,12H2,1H3. The number of halogens is 1. The molecule has 3 nitrogen and oxygen atoms in total. The van der Waals surface area contributed by atoms with Crippen LogP contribution in [0.3, 0.4) is 0 Å². The molecule has 0 aromatic heterocycles. The molecule has 0 amide bonds. The minimum absolute atomic E-state index is 0.287. The molecular weight excluding hydrogens is 202 g/mol. The van der Waals surface area contributed by atoms with Crippen molar-refractivity contribution in [1.82, 2.24) is 0 Å². The van der Waals surface area contributed by atoms with Crippen LogP contribution in [0.4, 0.5) is 0 Å². The van der Waals surface area contributed by atoms with Crippen LogP contribution in [0, 0.1) is 0 Å². The van der Waals surface area contributed by atoms with Crippen LogP contribution in [0.5, 0.6) is 0 Å². The third-order valence-corrected chi connectivity index (χ3v) is 1.81. The summed E-state index contributed by atoms with van der Waals surface area (Å²) in [5, 5.41) is -1.45. The molecule has 0 aliphatic carbocycles. The first-order chi connectivity index (χ1) is 6.49. The zero-order valence-corrected chi connectivity index (χ0v) is 8.62. The molecule has 0 heterocycles. The lowest BCUT2D eigenvalue weighted by Crippen LogP contribution is -2.40. The smallest absolute Gasteiger partial charge is 0.305 e. The SMILES string of the molecule is CC(=O)OC(N)(Cl)Cc1ccccc1. The Morgan fingerprint density at radius 1 is 1.50 bits per heavy atom. The van der Waals surface area contributed by atoms with Crippen molar-refractivity contribution in [3.63, 3.8) is 0 Å². The average molecular weight is 214 g/mol. The predicted octanol–water partition coefficient (Wildman–Crippen LogP) is 1.64. The molecule has 14 heavy (non-hydrogen) atoms. The van der Waals surface area contributed by atoms with Gasteiger partial charge in [0.05, 0.1) is 0 Å². The van der Waals surface area contributed by atoms with Gasteiger partial charge in [0, 0.05) is 13.3 Å². The highest BCUT2D eigenvalue weighted by Gasteiger charge is 2.25. The van der Waals surface area contributed by atoms with Gasteiger partial charge in [-0.1, -0.05) is 41.9 Å². The van der Waals surface area contributed by atoms with Gasteiger partial charge in [-0.3, -0.25) is 10.5 Å². The highest BCUT2D eigenvalue weighted by Crippen LogP contribution is 2.16. The quantitative estimate of drug-likeness (QED) is 0.360. The van der Waals surface area contributed by atoms with Crippen LogP contribution in [0.25, 0.3) is 0 Å². The minimum atomic E-state index is -1.45. The Morgan fingerprint density at radius 3 is 2.57 bits per heavy atom. The Hall–Kier alpha value is -1.06. The zero-order chi connectivity index (χ0) is 10.6. The molecule has 1 aromatic carbocycles. The first-order valence-electron chi connectivity index (χ1n) is 4.21. The summed E-state index contributed by atoms with van der Waals surface area (Å²) in [6, 6.07) is 9.37. The summed E-state index contributed by atoms with van der Waals surface area (Å²) in [5.41, 5.74) is 6.49. The van der Waals surface area contributed by atoms with E-state index in [2.05, 4.69) is 0 Å². The molecule has 0 fully saturated rings. The van der Waals surface area contributed by atoms with Crippen LogP contribution >= 0.6 is 11.6 Å². The van der Waals surface area contributed by atoms with E-state index >= 15 is 0 Å². The third kappa shape index (κ3) is 3.77. The van der Waals surface area contributed by atoms with E-state index < -0.39 is 11.2 Å². The second-order valence-electron chi connectivity index (χ2n) is 3.04. The Labute approximate surface area is 87.8 Å². The molecule has 0 spiro atoms. The lowest BCUT2D eigenvalue weighted by Gasteiger charge is -2.21. The van der Waals surface area contributed by atoms with Gasteiger partial charge in [0.15, 0.2) is 0 Å². The second-order valence-corrected chi connectivity index (χ2v) is 3.68. The van der Waals surface area contributed by atoms with E-state index in [0.717, 1.165) is 5.56 Å². The number of esters is 1. The largest absolute Gasteiger partial charge is 0.430 e. The number of benzene rings is 1. The topological polar surface area (TPSA) is 52.3 Å². The average Bonchev–Trinajstić information content (AvgIpc) is 2.02. The molecule has 0 saturated heterocycles. The lowest BCUT2D eigenvalue weighted by molar-refractivity contribution is -0.149. The Morgan fingerprint density at radius 2 is 2.07 bits per heavy atom. The number of carbonyl (C=O) groups excluding carboxylic acids is 1. The van der Waals surface area contributed by atoms with Crippen LogP contribution in [-0.2, 0) is 16.0 Å². The summed E-state index contributed by atoms with van der Waals surface area (Å²) >= 11 is 5.80. The molecule has 2 N–H and O–H groups in total. The summed E-state index contributed by atoms with van der Waals surface area (Å²) in [6.45, 7) is 1.27. The van der Waals surface area contributed by atoms with Crippen LogP contribution in [0.2, 0.25) is 0 Å². The second kappa shape index (κ2) is 4.44. The van der Waals surface area contributed by atoms with Crippen LogP contribution in [-0.4, -0.2) is 11.2 Å². The van der Waals surface area contributed by atoms with Gasteiger partial charge in [-0.05, 0) is 5.56 Å². The van der Waals surface area contributed by atoms with Crippen LogP contribution < -0.4 is 5.73 Å². The number of hydrogen-bond donors (Lipinski definition) is 1. The van der Waals surface area contributed by atoms with E-state index in [1.807, 2.05) is 30.3 Å². The van der Waals surface area contributed by atoms with Gasteiger partial charge in [-0.25, -0.2) is 0 Å². The fraction of sp³-hybridized carbons (Fsp3) is 0.300. The summed E-state index contributed by atoms with van der Waals surface area (Å²) in [6.07, 6.45) is 0.287. The van der Waals surface area contributed by atoms with E-state index in [0.29, 0.717) is 0 Å². The van der Waals surface area contributed by atoms with Crippen molar-refractivity contribution in [3.8, 4) is 0 Å². The minimum Gasteiger partial charge on any atom is -0.430 e. The first kappa shape index (κ1) is 11.0. The number of nitrogens with two attached hydrogens (primary N) is 1. The van der Waals surface area contributed by atoms with Crippen molar-refractivity contribution in [2.75, 3.05) is 0 Å². The van der Waals surface area contributed by atoms with Crippen molar-refractivity contribution in [3.05, 3.63) is 35.9 Å². The van der Waals surface area contributed by atoms with Crippen molar-refractivity contribution < 1.29 is 9.53 Å². The zero-order valence-electron chi connectivity index (χ0n) is 7.87. The number of hydrogen-bond acceptors (Lipinski definition) is 3. The lowest BCUT2D eigenvalue weighted by atomic mass is 10.1. The van der Waals surface area contributed by atoms with Crippen LogP contribution in [0.1, 0.15) is 12.5 Å². The fourth-order valence-electron chi connectivity index (χ4n) is 1.15. The maximum atomic E-state index is 10.7. The molecule has 0 radical (unpaired) electrons. The number of carbonyl (C=O) groups is 1. The monoisotopic (exact) mass is 213 g/mol. The van der Waals surface area contributed by atoms with E-state index in [1.54, 1.807) is 0 Å². The van der Waals surface area contributed by atoms with Gasteiger partial charge in [0.1, 0.15) is 0 Å². The Balaban J connectivity index is 2.63. The molecule has 0 aliphatic heterocycles. The number of ether oxygens (including phenoxy) is 1. The fourth-order valence-corrected chi connectivity index (χ4v) is 1.41. The van der Waals surface area contributed by atoms with E-state index in [1.165, 1.54) is 6.92 Å². The van der Waals surface area contributed by atoms with E-state index in [9.17, 15) is 4.79 Å². The molecular formula is C10H12ClNO2. The normalized spacial score (nSPS) is 14.5. The van der Waals surface area contributed by atoms with Crippen molar-refractivity contribution in [1.29, 1.82) is 0 Å². The number of alkyl halides is 1. The maximum absolute atomic E-state index is 10.7. The molecule has 1 rings (SSSR count). The summed E-state index contributed by atoms with van der Waals surface area (Å²) < 4.78 is 4.75. The number of rotatable bonds is 3. The Bertz CT molecular complexity index is 311. The van der Waals surface area contributed by atoms with Gasteiger partial charge < -0.3 is 4.74 Å². The van der Waals surface area contributed by atoms with Crippen molar-refractivity contribution in [2.45, 2.75) is 18.5 Å². The molecule has 0 saturated carbocycles. The highest BCUT2D eigenvalue weighted by atomic mass is 35.5. The van der Waals surface area contributed by atoms with Gasteiger partial charge in [-0.2, -0.15) is 0 Å². The van der Waals surface area contributed by atoms with Gasteiger partial charge in [0.25, 0.3) is 0 Å². The van der Waals surface area contributed by atoms with Gasteiger partial charge in [-0.15, -0.1) is 0 Å². The van der Waals surface area contributed by atoms with Gasteiger partial charge >= 0.3 is 5.97 Å². The highest BCUT2D eigenvalue weighted by molar-refractivity contribution is 6.23. The van der Waals surface area contributed by atoms with E-state index in [4.69, 9.17) is 22.1 Å². The van der Waals surface area contributed by atoms with Crippen LogP contribution in [0.15, 0.2) is 30.3 Å². The summed E-state index contributed by atoms with van der Waals surface area (Å²) in [7, 11) is 0. The summed E-state index contributed by atoms with van der Waals surface area (Å²) in [4.78, 5) is 10.7. The summed E-state index contributed by atoms with van der Waals surface area (Å²) in [5.74, 6) is -0.488. The predicted molar refractivity (Wildman–Crippen MR) is 54.7 cm³/mol. The maximum Gasteiger partial charge on any atom is 0.305 e. The van der Waals surface area contributed by atoms with Gasteiger partial charge in [0.2, 0.25) is 5.18 Å². The molecule has 1 unspecified atom stereocenters. The molecule has 0 bridgehead atoms. The molecule has 1 aromatic rings. The van der Waals surface area contributed by atoms with Crippen molar-refractivity contribution in [2.24, 2.45) is 5.73 Å². The van der Waals surface area contributed by atoms with E-state index in [-0.39, 0.29) is 6.42 Å². The molecule has 0 aliphatic rings. The Kier molecular flexibility index (Phi) is 3.49. The van der Waals surface area contributed by atoms with Crippen molar-refractivity contribution >= 4 is 17.6 Å². The third-order valence-electron chi connectivity index (χ3n) is 1.60. The molecule has 4 heteroatoms.